The molecule has 0 heteroatoms. The molecular weight excluding hydrogens is 480 g/mol. The molecule has 5 rings (SSSR count). The van der Waals surface area contributed by atoms with Gasteiger partial charge in [-0.2, -0.15) is 0 Å². The summed E-state index contributed by atoms with van der Waals surface area (Å²) in [4.78, 5) is 0. The Hall–Kier alpha value is -3.90. The number of aryl methyl sites for hydroxylation is 1. The first-order chi connectivity index (χ1) is 19.3. The molecule has 0 aliphatic heterocycles. The normalized spacial score (nSPS) is 13.1. The van der Waals surface area contributed by atoms with Crippen LogP contribution < -0.4 is 0 Å². The molecule has 2 unspecified atom stereocenters. The quantitative estimate of drug-likeness (QED) is 0.178. The van der Waals surface area contributed by atoms with Gasteiger partial charge in [0.1, 0.15) is 0 Å². The molecule has 202 valence electrons. The Kier molecular flexibility index (Phi) is 8.36. The molecule has 2 atom stereocenters. The lowest BCUT2D eigenvalue weighted by Gasteiger charge is -2.28. The SMILES string of the molecule is Cc1ccc(Cc2ccccc2)cc1C(c1ccc(C(C)C(C)(C)C)cc1)c1cccc(Cc2ccccc2)c1. The number of hydrogen-bond donors (Lipinski definition) is 0. The lowest BCUT2D eigenvalue weighted by atomic mass is 9.76. The molecule has 0 saturated heterocycles. The van der Waals surface area contributed by atoms with Crippen molar-refractivity contribution in [2.45, 2.75) is 59.3 Å². The predicted molar refractivity (Wildman–Crippen MR) is 171 cm³/mol. The van der Waals surface area contributed by atoms with E-state index < -0.39 is 0 Å². The second-order valence-corrected chi connectivity index (χ2v) is 12.4. The van der Waals surface area contributed by atoms with Gasteiger partial charge in [-0.05, 0) is 81.2 Å². The van der Waals surface area contributed by atoms with E-state index in [0.29, 0.717) is 5.92 Å². The molecule has 0 aliphatic rings. The molecule has 0 N–H and O–H groups in total. The third-order valence-corrected chi connectivity index (χ3v) is 8.51. The lowest BCUT2D eigenvalue weighted by molar-refractivity contribution is 0.339. The fourth-order valence-corrected chi connectivity index (χ4v) is 5.69. The van der Waals surface area contributed by atoms with Gasteiger partial charge >= 0.3 is 0 Å². The van der Waals surface area contributed by atoms with Gasteiger partial charge in [0.2, 0.25) is 0 Å². The van der Waals surface area contributed by atoms with Crippen LogP contribution in [0.4, 0.5) is 0 Å². The summed E-state index contributed by atoms with van der Waals surface area (Å²) in [6, 6.07) is 47.3. The average Bonchev–Trinajstić information content (AvgIpc) is 2.96. The van der Waals surface area contributed by atoms with E-state index in [1.165, 1.54) is 50.1 Å². The van der Waals surface area contributed by atoms with Gasteiger partial charge in [-0.25, -0.2) is 0 Å². The van der Waals surface area contributed by atoms with Crippen LogP contribution in [0.25, 0.3) is 0 Å². The zero-order chi connectivity index (χ0) is 28.1. The van der Waals surface area contributed by atoms with Gasteiger partial charge in [-0.1, -0.05) is 155 Å². The minimum atomic E-state index is 0.172. The zero-order valence-electron chi connectivity index (χ0n) is 24.7. The monoisotopic (exact) mass is 522 g/mol. The standard InChI is InChI=1S/C40H42/c1-29-19-20-34(26-32-15-10-7-11-16-32)28-38(29)39(36-23-21-35(22-24-36)30(2)40(3,4)5)37-18-12-17-33(27-37)25-31-13-8-6-9-14-31/h6-24,27-28,30,39H,25-26H2,1-5H3. The van der Waals surface area contributed by atoms with Crippen LogP contribution in [0.2, 0.25) is 0 Å². The molecule has 40 heavy (non-hydrogen) atoms. The van der Waals surface area contributed by atoms with Crippen molar-refractivity contribution in [1.29, 1.82) is 0 Å². The van der Waals surface area contributed by atoms with Crippen molar-refractivity contribution >= 4 is 0 Å². The van der Waals surface area contributed by atoms with Crippen LogP contribution in [0.3, 0.4) is 0 Å². The van der Waals surface area contributed by atoms with Crippen LogP contribution in [0.5, 0.6) is 0 Å². The first-order valence-electron chi connectivity index (χ1n) is 14.6. The van der Waals surface area contributed by atoms with Gasteiger partial charge in [0.15, 0.2) is 0 Å². The largest absolute Gasteiger partial charge is 0.0622 e. The van der Waals surface area contributed by atoms with E-state index in [9.17, 15) is 0 Å². The minimum absolute atomic E-state index is 0.172. The second kappa shape index (κ2) is 12.1. The van der Waals surface area contributed by atoms with Gasteiger partial charge in [0.05, 0.1) is 0 Å². The summed E-state index contributed by atoms with van der Waals surface area (Å²) in [6.07, 6.45) is 1.88. The highest BCUT2D eigenvalue weighted by atomic mass is 14.3. The minimum Gasteiger partial charge on any atom is -0.0622 e. The van der Waals surface area contributed by atoms with Crippen LogP contribution in [0.1, 0.15) is 89.6 Å². The Labute approximate surface area is 241 Å². The Morgan fingerprint density at radius 1 is 0.500 bits per heavy atom. The molecule has 0 heterocycles. The van der Waals surface area contributed by atoms with Crippen LogP contribution >= 0.6 is 0 Å². The maximum absolute atomic E-state index is 2.45. The van der Waals surface area contributed by atoms with Crippen molar-refractivity contribution in [3.05, 3.63) is 177 Å². The van der Waals surface area contributed by atoms with E-state index in [2.05, 4.69) is 162 Å². The van der Waals surface area contributed by atoms with E-state index in [0.717, 1.165) is 12.8 Å². The predicted octanol–water partition coefficient (Wildman–Crippen LogP) is 10.5. The average molecular weight is 523 g/mol. The van der Waals surface area contributed by atoms with Gasteiger partial charge in [-0.15, -0.1) is 0 Å². The van der Waals surface area contributed by atoms with Gasteiger partial charge < -0.3 is 0 Å². The molecule has 5 aromatic carbocycles. The summed E-state index contributed by atoms with van der Waals surface area (Å²) < 4.78 is 0. The highest BCUT2D eigenvalue weighted by Crippen LogP contribution is 2.38. The maximum atomic E-state index is 2.45. The third-order valence-electron chi connectivity index (χ3n) is 8.51. The van der Waals surface area contributed by atoms with E-state index in [-0.39, 0.29) is 11.3 Å². The number of benzene rings is 5. The lowest BCUT2D eigenvalue weighted by Crippen LogP contribution is -2.15. The summed E-state index contributed by atoms with van der Waals surface area (Å²) in [6.45, 7) is 11.6. The van der Waals surface area contributed by atoms with Crippen LogP contribution in [0, 0.1) is 12.3 Å². The van der Waals surface area contributed by atoms with Crippen molar-refractivity contribution in [3.8, 4) is 0 Å². The third kappa shape index (κ3) is 6.62. The topological polar surface area (TPSA) is 0 Å². The van der Waals surface area contributed by atoms with Crippen LogP contribution in [-0.2, 0) is 12.8 Å². The Balaban J connectivity index is 1.57. The Morgan fingerprint density at radius 3 is 1.60 bits per heavy atom. The van der Waals surface area contributed by atoms with Crippen molar-refractivity contribution in [2.24, 2.45) is 5.41 Å². The molecule has 0 saturated carbocycles. The first-order valence-corrected chi connectivity index (χ1v) is 14.6. The molecule has 0 spiro atoms. The fraction of sp³-hybridized carbons (Fsp3) is 0.250. The van der Waals surface area contributed by atoms with Crippen LogP contribution in [-0.4, -0.2) is 0 Å². The smallest absolute Gasteiger partial charge is 0.0342 e. The number of rotatable bonds is 8. The molecule has 0 bridgehead atoms. The zero-order valence-corrected chi connectivity index (χ0v) is 24.7. The van der Waals surface area contributed by atoms with Gasteiger partial charge in [0.25, 0.3) is 0 Å². The number of hydrogen-bond acceptors (Lipinski definition) is 0. The summed E-state index contributed by atoms with van der Waals surface area (Å²) >= 11 is 0. The van der Waals surface area contributed by atoms with Crippen LogP contribution in [0.15, 0.2) is 127 Å². The van der Waals surface area contributed by atoms with E-state index >= 15 is 0 Å². The van der Waals surface area contributed by atoms with E-state index in [4.69, 9.17) is 0 Å². The molecule has 0 aromatic heterocycles. The van der Waals surface area contributed by atoms with Crippen molar-refractivity contribution in [3.63, 3.8) is 0 Å². The molecular formula is C40H42. The Morgan fingerprint density at radius 2 is 1.02 bits per heavy atom. The summed E-state index contributed by atoms with van der Waals surface area (Å²) in [5.74, 6) is 0.663. The van der Waals surface area contributed by atoms with Gasteiger partial charge in [-0.3, -0.25) is 0 Å². The maximum Gasteiger partial charge on any atom is 0.0342 e. The van der Waals surface area contributed by atoms with E-state index in [1.807, 2.05) is 0 Å². The summed E-state index contributed by atoms with van der Waals surface area (Å²) in [5, 5.41) is 0. The molecule has 0 radical (unpaired) electrons. The highest BCUT2D eigenvalue weighted by molar-refractivity contribution is 5.49. The van der Waals surface area contributed by atoms with Crippen molar-refractivity contribution < 1.29 is 0 Å². The Bertz CT molecular complexity index is 1520. The summed E-state index contributed by atoms with van der Waals surface area (Å²) in [5.41, 5.74) is 12.5. The molecule has 5 aromatic rings. The summed E-state index contributed by atoms with van der Waals surface area (Å²) in [7, 11) is 0. The first kappa shape index (κ1) is 27.7. The molecule has 0 nitrogen and oxygen atoms in total. The molecule has 0 amide bonds. The van der Waals surface area contributed by atoms with Gasteiger partial charge in [0, 0.05) is 5.92 Å². The fourth-order valence-electron chi connectivity index (χ4n) is 5.69. The highest BCUT2D eigenvalue weighted by Gasteiger charge is 2.24. The molecule has 0 fully saturated rings. The molecule has 0 aliphatic carbocycles. The van der Waals surface area contributed by atoms with Crippen molar-refractivity contribution in [1.82, 2.24) is 0 Å². The van der Waals surface area contributed by atoms with E-state index in [1.54, 1.807) is 0 Å². The van der Waals surface area contributed by atoms with Crippen molar-refractivity contribution in [2.75, 3.05) is 0 Å². The second-order valence-electron chi connectivity index (χ2n) is 12.4.